The molecule has 0 atom stereocenters. The van der Waals surface area contributed by atoms with Crippen LogP contribution in [-0.2, 0) is 6.54 Å². The molecule has 18 heavy (non-hydrogen) atoms. The summed E-state index contributed by atoms with van der Waals surface area (Å²) in [7, 11) is 0. The minimum Gasteiger partial charge on any atom is -0.488 e. The minimum absolute atomic E-state index is 0.121. The number of benzene rings is 1. The number of hydrogen-bond acceptors (Lipinski definition) is 2. The van der Waals surface area contributed by atoms with Gasteiger partial charge in [0, 0.05) is 12.6 Å². The van der Waals surface area contributed by atoms with Gasteiger partial charge < -0.3 is 10.1 Å². The fourth-order valence-corrected chi connectivity index (χ4v) is 2.42. The van der Waals surface area contributed by atoms with E-state index in [0.29, 0.717) is 0 Å². The SMILES string of the molecule is CC(C)(C)Oc1ccc(CNC2CCCC2)cc1. The van der Waals surface area contributed by atoms with Crippen LogP contribution in [0.1, 0.15) is 52.0 Å². The van der Waals surface area contributed by atoms with Crippen molar-refractivity contribution >= 4 is 0 Å². The molecule has 0 spiro atoms. The van der Waals surface area contributed by atoms with E-state index >= 15 is 0 Å². The zero-order valence-corrected chi connectivity index (χ0v) is 11.8. The second kappa shape index (κ2) is 5.75. The van der Waals surface area contributed by atoms with Gasteiger partial charge in [-0.3, -0.25) is 0 Å². The largest absolute Gasteiger partial charge is 0.488 e. The Hall–Kier alpha value is -1.02. The van der Waals surface area contributed by atoms with E-state index in [9.17, 15) is 0 Å². The van der Waals surface area contributed by atoms with Crippen LogP contribution >= 0.6 is 0 Å². The molecule has 1 aromatic rings. The summed E-state index contributed by atoms with van der Waals surface area (Å²) in [4.78, 5) is 0. The maximum atomic E-state index is 5.81. The van der Waals surface area contributed by atoms with Crippen LogP contribution in [0, 0.1) is 0 Å². The van der Waals surface area contributed by atoms with Gasteiger partial charge in [0.1, 0.15) is 11.4 Å². The van der Waals surface area contributed by atoms with E-state index in [0.717, 1.165) is 18.3 Å². The van der Waals surface area contributed by atoms with Crippen molar-refractivity contribution in [1.29, 1.82) is 0 Å². The maximum Gasteiger partial charge on any atom is 0.120 e. The molecule has 0 unspecified atom stereocenters. The zero-order valence-electron chi connectivity index (χ0n) is 11.8. The van der Waals surface area contributed by atoms with Gasteiger partial charge in [0.15, 0.2) is 0 Å². The highest BCUT2D eigenvalue weighted by Crippen LogP contribution is 2.20. The third-order valence-corrected chi connectivity index (χ3v) is 3.30. The molecule has 0 bridgehead atoms. The first-order valence-electron chi connectivity index (χ1n) is 7.04. The topological polar surface area (TPSA) is 21.3 Å². The lowest BCUT2D eigenvalue weighted by atomic mass is 10.1. The number of ether oxygens (including phenoxy) is 1. The van der Waals surface area contributed by atoms with E-state index in [2.05, 4.69) is 50.4 Å². The molecule has 0 aromatic heterocycles. The first kappa shape index (κ1) is 13.4. The maximum absolute atomic E-state index is 5.81. The van der Waals surface area contributed by atoms with Crippen LogP contribution in [0.15, 0.2) is 24.3 Å². The van der Waals surface area contributed by atoms with Gasteiger partial charge in [-0.1, -0.05) is 25.0 Å². The van der Waals surface area contributed by atoms with E-state index in [4.69, 9.17) is 4.74 Å². The van der Waals surface area contributed by atoms with Crippen molar-refractivity contribution in [2.24, 2.45) is 0 Å². The number of nitrogens with one attached hydrogen (secondary N) is 1. The Bertz CT molecular complexity index is 358. The molecule has 0 aliphatic heterocycles. The van der Waals surface area contributed by atoms with E-state index < -0.39 is 0 Å². The molecule has 100 valence electrons. The Morgan fingerprint density at radius 2 is 1.72 bits per heavy atom. The average Bonchev–Trinajstić information content (AvgIpc) is 2.79. The molecule has 1 fully saturated rings. The molecule has 1 aliphatic carbocycles. The molecule has 0 heterocycles. The Labute approximate surface area is 111 Å². The molecule has 0 amide bonds. The average molecular weight is 247 g/mol. The molecular weight excluding hydrogens is 222 g/mol. The van der Waals surface area contributed by atoms with E-state index in [1.807, 2.05) is 0 Å². The highest BCUT2D eigenvalue weighted by molar-refractivity contribution is 5.27. The Kier molecular flexibility index (Phi) is 4.28. The third-order valence-electron chi connectivity index (χ3n) is 3.30. The van der Waals surface area contributed by atoms with Gasteiger partial charge in [-0.15, -0.1) is 0 Å². The number of rotatable bonds is 4. The van der Waals surface area contributed by atoms with Crippen molar-refractivity contribution < 1.29 is 4.74 Å². The molecule has 2 heteroatoms. The van der Waals surface area contributed by atoms with Crippen molar-refractivity contribution in [3.63, 3.8) is 0 Å². The van der Waals surface area contributed by atoms with Crippen molar-refractivity contribution in [2.45, 2.75) is 64.6 Å². The van der Waals surface area contributed by atoms with Crippen molar-refractivity contribution in [3.8, 4) is 5.75 Å². The van der Waals surface area contributed by atoms with E-state index in [1.165, 1.54) is 31.2 Å². The molecule has 2 nitrogen and oxygen atoms in total. The monoisotopic (exact) mass is 247 g/mol. The van der Waals surface area contributed by atoms with Crippen molar-refractivity contribution in [1.82, 2.24) is 5.32 Å². The first-order valence-corrected chi connectivity index (χ1v) is 7.04. The summed E-state index contributed by atoms with van der Waals surface area (Å²) < 4.78 is 5.81. The highest BCUT2D eigenvalue weighted by Gasteiger charge is 2.14. The summed E-state index contributed by atoms with van der Waals surface area (Å²) in [6.07, 6.45) is 5.45. The van der Waals surface area contributed by atoms with Crippen molar-refractivity contribution in [2.75, 3.05) is 0 Å². The quantitative estimate of drug-likeness (QED) is 0.871. The number of hydrogen-bond donors (Lipinski definition) is 1. The van der Waals surface area contributed by atoms with E-state index in [1.54, 1.807) is 0 Å². The normalized spacial score (nSPS) is 17.1. The lowest BCUT2D eigenvalue weighted by molar-refractivity contribution is 0.131. The molecule has 1 aromatic carbocycles. The van der Waals surface area contributed by atoms with E-state index in [-0.39, 0.29) is 5.60 Å². The standard InChI is InChI=1S/C16H25NO/c1-16(2,3)18-15-10-8-13(9-11-15)12-17-14-6-4-5-7-14/h8-11,14,17H,4-7,12H2,1-3H3. The van der Waals surface area contributed by atoms with Crippen LogP contribution in [0.5, 0.6) is 5.75 Å². The van der Waals surface area contributed by atoms with Crippen LogP contribution in [-0.4, -0.2) is 11.6 Å². The van der Waals surface area contributed by atoms with Gasteiger partial charge in [-0.05, 0) is 51.3 Å². The van der Waals surface area contributed by atoms with Crippen LogP contribution < -0.4 is 10.1 Å². The van der Waals surface area contributed by atoms with Gasteiger partial charge in [0.05, 0.1) is 0 Å². The summed E-state index contributed by atoms with van der Waals surface area (Å²) in [6.45, 7) is 7.19. The molecule has 1 aliphatic rings. The van der Waals surface area contributed by atoms with Gasteiger partial charge in [0.2, 0.25) is 0 Å². The van der Waals surface area contributed by atoms with Gasteiger partial charge in [-0.2, -0.15) is 0 Å². The summed E-state index contributed by atoms with van der Waals surface area (Å²) >= 11 is 0. The van der Waals surface area contributed by atoms with Crippen LogP contribution in [0.3, 0.4) is 0 Å². The molecule has 0 saturated heterocycles. The lowest BCUT2D eigenvalue weighted by Gasteiger charge is -2.21. The minimum atomic E-state index is -0.121. The van der Waals surface area contributed by atoms with Crippen LogP contribution in [0.2, 0.25) is 0 Å². The summed E-state index contributed by atoms with van der Waals surface area (Å²) in [5.41, 5.74) is 1.21. The molecular formula is C16H25NO. The second-order valence-electron chi connectivity index (χ2n) is 6.22. The third kappa shape index (κ3) is 4.34. The molecule has 2 rings (SSSR count). The smallest absolute Gasteiger partial charge is 0.120 e. The Morgan fingerprint density at radius 1 is 1.11 bits per heavy atom. The Morgan fingerprint density at radius 3 is 2.28 bits per heavy atom. The molecule has 1 N–H and O–H groups in total. The summed E-state index contributed by atoms with van der Waals surface area (Å²) in [5.74, 6) is 0.951. The summed E-state index contributed by atoms with van der Waals surface area (Å²) in [5, 5.41) is 3.62. The summed E-state index contributed by atoms with van der Waals surface area (Å²) in [6, 6.07) is 9.18. The van der Waals surface area contributed by atoms with Crippen molar-refractivity contribution in [3.05, 3.63) is 29.8 Å². The van der Waals surface area contributed by atoms with Crippen LogP contribution in [0.4, 0.5) is 0 Å². The zero-order chi connectivity index (χ0) is 13.0. The highest BCUT2D eigenvalue weighted by atomic mass is 16.5. The first-order chi connectivity index (χ1) is 8.53. The predicted octanol–water partition coefficient (Wildman–Crippen LogP) is 3.90. The predicted molar refractivity (Wildman–Crippen MR) is 75.9 cm³/mol. The molecule has 1 saturated carbocycles. The molecule has 0 radical (unpaired) electrons. The second-order valence-corrected chi connectivity index (χ2v) is 6.22. The fraction of sp³-hybridized carbons (Fsp3) is 0.625. The Balaban J connectivity index is 1.83. The van der Waals surface area contributed by atoms with Gasteiger partial charge in [-0.25, -0.2) is 0 Å². The van der Waals surface area contributed by atoms with Crippen LogP contribution in [0.25, 0.3) is 0 Å². The lowest BCUT2D eigenvalue weighted by Crippen LogP contribution is -2.25. The van der Waals surface area contributed by atoms with Gasteiger partial charge >= 0.3 is 0 Å². The fourth-order valence-electron chi connectivity index (χ4n) is 2.42. The van der Waals surface area contributed by atoms with Gasteiger partial charge in [0.25, 0.3) is 0 Å².